The first kappa shape index (κ1) is 7.90. The second-order valence-electron chi connectivity index (χ2n) is 2.27. The Kier molecular flexibility index (Phi) is 2.22. The van der Waals surface area contributed by atoms with Crippen molar-refractivity contribution in [3.63, 3.8) is 0 Å². The minimum atomic E-state index is -1.41. The molecule has 4 N–H and O–H groups in total. The summed E-state index contributed by atoms with van der Waals surface area (Å²) in [6.07, 6.45) is -5.23. The van der Waals surface area contributed by atoms with Crippen LogP contribution in [-0.2, 0) is 4.74 Å². The van der Waals surface area contributed by atoms with Gasteiger partial charge in [0.15, 0.2) is 6.29 Å². The first-order chi connectivity index (χ1) is 4.63. The average Bonchev–Trinajstić information content (AvgIpc) is 1.93. The Bertz CT molecular complexity index is 103. The normalized spacial score (nSPS) is 49.2. The van der Waals surface area contributed by atoms with E-state index in [0.29, 0.717) is 0 Å². The fourth-order valence-corrected chi connectivity index (χ4v) is 0.791. The van der Waals surface area contributed by atoms with Gasteiger partial charge < -0.3 is 25.2 Å². The Morgan fingerprint density at radius 3 is 2.10 bits per heavy atom. The van der Waals surface area contributed by atoms with Crippen LogP contribution in [-0.4, -0.2) is 51.6 Å². The molecule has 0 saturated carbocycles. The molecule has 4 atom stereocenters. The predicted molar refractivity (Wildman–Crippen MR) is 30.0 cm³/mol. The zero-order valence-corrected chi connectivity index (χ0v) is 5.21. The van der Waals surface area contributed by atoms with E-state index < -0.39 is 24.6 Å². The largest absolute Gasteiger partial charge is 0.388 e. The van der Waals surface area contributed by atoms with Crippen LogP contribution in [0.4, 0.5) is 0 Å². The van der Waals surface area contributed by atoms with Gasteiger partial charge in [0.05, 0.1) is 6.61 Å². The van der Waals surface area contributed by atoms with E-state index >= 15 is 0 Å². The molecule has 0 bridgehead atoms. The number of rotatable bonds is 0. The summed E-state index contributed by atoms with van der Waals surface area (Å²) in [5.74, 6) is 0. The third-order valence-corrected chi connectivity index (χ3v) is 1.47. The summed E-state index contributed by atoms with van der Waals surface area (Å²) in [7, 11) is 0. The summed E-state index contributed by atoms with van der Waals surface area (Å²) in [6.45, 7) is -0.153. The van der Waals surface area contributed by atoms with Gasteiger partial charge in [-0.1, -0.05) is 0 Å². The molecule has 1 aliphatic rings. The van der Waals surface area contributed by atoms with Crippen molar-refractivity contribution < 1.29 is 25.2 Å². The van der Waals surface area contributed by atoms with Gasteiger partial charge in [-0.15, -0.1) is 0 Å². The Labute approximate surface area is 57.5 Å². The lowest BCUT2D eigenvalue weighted by molar-refractivity contribution is -0.252. The van der Waals surface area contributed by atoms with Gasteiger partial charge in [-0.25, -0.2) is 0 Å². The summed E-state index contributed by atoms with van der Waals surface area (Å²) in [5.41, 5.74) is 0. The highest BCUT2D eigenvalue weighted by molar-refractivity contribution is 4.81. The van der Waals surface area contributed by atoms with Crippen LogP contribution in [0.5, 0.6) is 0 Å². The third kappa shape index (κ3) is 1.28. The van der Waals surface area contributed by atoms with Crippen molar-refractivity contribution in [2.45, 2.75) is 24.6 Å². The lowest BCUT2D eigenvalue weighted by Crippen LogP contribution is -2.52. The van der Waals surface area contributed by atoms with E-state index in [0.717, 1.165) is 0 Å². The molecule has 0 aromatic heterocycles. The Morgan fingerprint density at radius 1 is 1.00 bits per heavy atom. The highest BCUT2D eigenvalue weighted by Crippen LogP contribution is 2.12. The molecule has 1 saturated heterocycles. The van der Waals surface area contributed by atoms with Crippen molar-refractivity contribution in [1.82, 2.24) is 0 Å². The molecule has 5 nitrogen and oxygen atoms in total. The Hall–Kier alpha value is -0.200. The van der Waals surface area contributed by atoms with Crippen LogP contribution in [0.15, 0.2) is 0 Å². The number of aliphatic hydroxyl groups excluding tert-OH is 4. The molecule has 5 heteroatoms. The second kappa shape index (κ2) is 2.81. The minimum absolute atomic E-state index is 0.153. The molecule has 1 unspecified atom stereocenters. The smallest absolute Gasteiger partial charge is 0.183 e. The summed E-state index contributed by atoms with van der Waals surface area (Å²) in [5, 5.41) is 35.3. The molecule has 1 fully saturated rings. The fourth-order valence-electron chi connectivity index (χ4n) is 0.791. The first-order valence-electron chi connectivity index (χ1n) is 2.97. The van der Waals surface area contributed by atoms with E-state index in [9.17, 15) is 0 Å². The predicted octanol–water partition coefficient (Wildman–Crippen LogP) is -2.58. The van der Waals surface area contributed by atoms with Gasteiger partial charge in [-0.05, 0) is 0 Å². The first-order valence-corrected chi connectivity index (χ1v) is 2.97. The van der Waals surface area contributed by atoms with Crippen LogP contribution < -0.4 is 0 Å². The number of ether oxygens (including phenoxy) is 1. The van der Waals surface area contributed by atoms with Crippen LogP contribution in [0.1, 0.15) is 0 Å². The molecule has 1 heterocycles. The molecule has 0 spiro atoms. The Balaban J connectivity index is 2.52. The summed E-state index contributed by atoms with van der Waals surface area (Å²) >= 11 is 0. The maximum Gasteiger partial charge on any atom is 0.183 e. The van der Waals surface area contributed by atoms with Crippen molar-refractivity contribution in [3.8, 4) is 0 Å². The highest BCUT2D eigenvalue weighted by Gasteiger charge is 2.36. The van der Waals surface area contributed by atoms with Gasteiger partial charge in [0.25, 0.3) is 0 Å². The molecule has 0 aromatic carbocycles. The summed E-state index contributed by atoms with van der Waals surface area (Å²) in [6, 6.07) is 0. The number of hydrogen-bond donors (Lipinski definition) is 4. The summed E-state index contributed by atoms with van der Waals surface area (Å²) < 4.78 is 4.47. The highest BCUT2D eigenvalue weighted by atomic mass is 16.6. The van der Waals surface area contributed by atoms with Crippen molar-refractivity contribution in [2.24, 2.45) is 0 Å². The zero-order chi connectivity index (χ0) is 7.72. The van der Waals surface area contributed by atoms with E-state index in [-0.39, 0.29) is 6.61 Å². The van der Waals surface area contributed by atoms with E-state index in [4.69, 9.17) is 20.4 Å². The maximum absolute atomic E-state index is 8.88. The lowest BCUT2D eigenvalue weighted by Gasteiger charge is -2.31. The van der Waals surface area contributed by atoms with Crippen molar-refractivity contribution >= 4 is 0 Å². The van der Waals surface area contributed by atoms with Crippen molar-refractivity contribution in [3.05, 3.63) is 0 Å². The van der Waals surface area contributed by atoms with E-state index in [2.05, 4.69) is 4.74 Å². The molecule has 1 rings (SSSR count). The van der Waals surface area contributed by atoms with E-state index in [1.165, 1.54) is 0 Å². The maximum atomic E-state index is 8.88. The van der Waals surface area contributed by atoms with Crippen LogP contribution >= 0.6 is 0 Å². The quantitative estimate of drug-likeness (QED) is 0.304. The van der Waals surface area contributed by atoms with Crippen LogP contribution in [0.2, 0.25) is 0 Å². The molecule has 1 aliphatic heterocycles. The average molecular weight is 150 g/mol. The van der Waals surface area contributed by atoms with Crippen LogP contribution in [0.3, 0.4) is 0 Å². The third-order valence-electron chi connectivity index (χ3n) is 1.47. The number of hydrogen-bond acceptors (Lipinski definition) is 5. The van der Waals surface area contributed by atoms with Gasteiger partial charge in [-0.2, -0.15) is 0 Å². The monoisotopic (exact) mass is 150 g/mol. The fraction of sp³-hybridized carbons (Fsp3) is 1.00. The van der Waals surface area contributed by atoms with Gasteiger partial charge in [0.2, 0.25) is 0 Å². The number of aliphatic hydroxyl groups is 4. The van der Waals surface area contributed by atoms with Crippen LogP contribution in [0.25, 0.3) is 0 Å². The zero-order valence-electron chi connectivity index (χ0n) is 5.21. The SMILES string of the molecule is OC1[C@H](O)CO[C@@H](O)[C@@H]1O. The van der Waals surface area contributed by atoms with Crippen molar-refractivity contribution in [1.29, 1.82) is 0 Å². The van der Waals surface area contributed by atoms with Gasteiger partial charge in [0, 0.05) is 0 Å². The van der Waals surface area contributed by atoms with Gasteiger partial charge in [0.1, 0.15) is 18.3 Å². The molecular formula is C5H10O5. The summed E-state index contributed by atoms with van der Waals surface area (Å²) in [4.78, 5) is 0. The molecule has 0 aliphatic carbocycles. The topological polar surface area (TPSA) is 90.2 Å². The van der Waals surface area contributed by atoms with Gasteiger partial charge >= 0.3 is 0 Å². The molecule has 0 aromatic rings. The lowest BCUT2D eigenvalue weighted by atomic mass is 10.1. The van der Waals surface area contributed by atoms with Crippen LogP contribution in [0, 0.1) is 0 Å². The second-order valence-corrected chi connectivity index (χ2v) is 2.27. The van der Waals surface area contributed by atoms with Crippen molar-refractivity contribution in [2.75, 3.05) is 6.61 Å². The Morgan fingerprint density at radius 2 is 1.60 bits per heavy atom. The standard InChI is InChI=1S/C5H10O5/c6-2-1-10-5(9)4(8)3(2)7/h2-9H,1H2/t2-,3?,4-,5-/m1/s1. The molecule has 60 valence electrons. The van der Waals surface area contributed by atoms with E-state index in [1.807, 2.05) is 0 Å². The van der Waals surface area contributed by atoms with Gasteiger partial charge in [-0.3, -0.25) is 0 Å². The van der Waals surface area contributed by atoms with E-state index in [1.54, 1.807) is 0 Å². The molecule has 10 heavy (non-hydrogen) atoms. The molecular weight excluding hydrogens is 140 g/mol. The molecule has 0 radical (unpaired) electrons. The molecule has 0 amide bonds. The minimum Gasteiger partial charge on any atom is -0.388 e.